The van der Waals surface area contributed by atoms with Crippen molar-refractivity contribution in [3.05, 3.63) is 62.0 Å². The molecule has 3 rings (SSSR count). The highest BCUT2D eigenvalue weighted by atomic mass is 32.2. The Kier molecular flexibility index (Phi) is 7.31. The third-order valence-electron chi connectivity index (χ3n) is 4.70. The molecule has 2 heterocycles. The molecule has 2 N–H and O–H groups in total. The van der Waals surface area contributed by atoms with Crippen molar-refractivity contribution in [2.45, 2.75) is 38.0 Å². The minimum atomic E-state index is -4.43. The van der Waals surface area contributed by atoms with Crippen LogP contribution in [0.25, 0.3) is 10.2 Å². The minimum Gasteiger partial charge on any atom is -0.344 e. The molecule has 1 amide bonds. The minimum absolute atomic E-state index is 0.00870. The SMILES string of the molecule is Cc1sc2nc(CSC(C)C(=O)NCC#Cc3cccc(C(F)(F)F)c3)[nH]c(=O)c2c1C. The van der Waals surface area contributed by atoms with E-state index in [2.05, 4.69) is 27.1 Å². The maximum absolute atomic E-state index is 12.7. The number of alkyl halides is 3. The number of aryl methyl sites for hydroxylation is 2. The van der Waals surface area contributed by atoms with Crippen LogP contribution in [0.4, 0.5) is 13.2 Å². The van der Waals surface area contributed by atoms with Crippen molar-refractivity contribution >= 4 is 39.2 Å². The summed E-state index contributed by atoms with van der Waals surface area (Å²) < 4.78 is 38.2. The Morgan fingerprint density at radius 3 is 2.81 bits per heavy atom. The largest absolute Gasteiger partial charge is 0.416 e. The predicted octanol–water partition coefficient (Wildman–Crippen LogP) is 4.41. The number of thiophene rings is 1. The second-order valence-electron chi connectivity index (χ2n) is 7.03. The van der Waals surface area contributed by atoms with Gasteiger partial charge in [-0.2, -0.15) is 13.2 Å². The molecular weight excluding hydrogens is 459 g/mol. The van der Waals surface area contributed by atoms with Crippen molar-refractivity contribution in [1.29, 1.82) is 0 Å². The Bertz CT molecular complexity index is 1270. The van der Waals surface area contributed by atoms with Gasteiger partial charge in [-0.1, -0.05) is 17.9 Å². The summed E-state index contributed by atoms with van der Waals surface area (Å²) in [6.07, 6.45) is -4.43. The molecule has 1 aromatic carbocycles. The first kappa shape index (κ1) is 23.9. The van der Waals surface area contributed by atoms with Crippen LogP contribution >= 0.6 is 23.1 Å². The standard InChI is InChI=1S/C22H20F3N3O2S2/c1-12-13(2)32-21-18(12)20(30)27-17(28-21)11-31-14(3)19(29)26-9-5-7-15-6-4-8-16(10-15)22(23,24)25/h4,6,8,10,14H,9,11H2,1-3H3,(H,26,29)(H,27,28,30). The molecule has 5 nitrogen and oxygen atoms in total. The number of carbonyl (C=O) groups excluding carboxylic acids is 1. The quantitative estimate of drug-likeness (QED) is 0.532. The van der Waals surface area contributed by atoms with Gasteiger partial charge in [0.25, 0.3) is 5.56 Å². The Labute approximate surface area is 190 Å². The van der Waals surface area contributed by atoms with Crippen LogP contribution in [0.1, 0.15) is 34.3 Å². The van der Waals surface area contributed by atoms with Crippen molar-refractivity contribution in [3.8, 4) is 11.8 Å². The van der Waals surface area contributed by atoms with Gasteiger partial charge in [-0.3, -0.25) is 9.59 Å². The van der Waals surface area contributed by atoms with Gasteiger partial charge in [0.2, 0.25) is 5.91 Å². The first-order valence-corrected chi connectivity index (χ1v) is 11.5. The molecule has 0 aliphatic carbocycles. The van der Waals surface area contributed by atoms with Gasteiger partial charge in [0.1, 0.15) is 10.7 Å². The number of hydrogen-bond donors (Lipinski definition) is 2. The van der Waals surface area contributed by atoms with Crippen LogP contribution in [0.3, 0.4) is 0 Å². The number of halogens is 3. The second-order valence-corrected chi connectivity index (χ2v) is 9.56. The van der Waals surface area contributed by atoms with Gasteiger partial charge in [-0.15, -0.1) is 23.1 Å². The van der Waals surface area contributed by atoms with Crippen molar-refractivity contribution < 1.29 is 18.0 Å². The first-order valence-electron chi connectivity index (χ1n) is 9.60. The number of amides is 1. The van der Waals surface area contributed by atoms with E-state index < -0.39 is 17.0 Å². The van der Waals surface area contributed by atoms with Crippen LogP contribution in [0.15, 0.2) is 29.1 Å². The van der Waals surface area contributed by atoms with Gasteiger partial charge >= 0.3 is 6.18 Å². The topological polar surface area (TPSA) is 74.8 Å². The number of hydrogen-bond acceptors (Lipinski definition) is 5. The molecular formula is C22H20F3N3O2S2. The Hall–Kier alpha value is -2.77. The lowest BCUT2D eigenvalue weighted by Gasteiger charge is -2.10. The Morgan fingerprint density at radius 2 is 2.09 bits per heavy atom. The number of benzene rings is 1. The number of thioether (sulfide) groups is 1. The monoisotopic (exact) mass is 479 g/mol. The zero-order valence-electron chi connectivity index (χ0n) is 17.5. The van der Waals surface area contributed by atoms with Gasteiger partial charge in [0.05, 0.1) is 28.5 Å². The van der Waals surface area contributed by atoms with E-state index in [1.54, 1.807) is 6.92 Å². The molecule has 3 aromatic rings. The molecule has 32 heavy (non-hydrogen) atoms. The van der Waals surface area contributed by atoms with E-state index >= 15 is 0 Å². The highest BCUT2D eigenvalue weighted by Gasteiger charge is 2.30. The Balaban J connectivity index is 1.54. The van der Waals surface area contributed by atoms with E-state index in [0.717, 1.165) is 22.6 Å². The predicted molar refractivity (Wildman–Crippen MR) is 122 cm³/mol. The zero-order valence-corrected chi connectivity index (χ0v) is 19.1. The molecule has 0 radical (unpaired) electrons. The maximum atomic E-state index is 12.7. The van der Waals surface area contributed by atoms with Gasteiger partial charge in [0, 0.05) is 10.4 Å². The molecule has 0 bridgehead atoms. The third kappa shape index (κ3) is 5.72. The van der Waals surface area contributed by atoms with E-state index in [4.69, 9.17) is 0 Å². The lowest BCUT2D eigenvalue weighted by molar-refractivity contribution is -0.137. The summed E-state index contributed by atoms with van der Waals surface area (Å²) in [6.45, 7) is 5.56. The molecule has 0 saturated heterocycles. The summed E-state index contributed by atoms with van der Waals surface area (Å²) in [7, 11) is 0. The highest BCUT2D eigenvalue weighted by molar-refractivity contribution is 7.99. The van der Waals surface area contributed by atoms with Crippen LogP contribution < -0.4 is 10.9 Å². The number of fused-ring (bicyclic) bond motifs is 1. The molecule has 10 heteroatoms. The molecule has 0 aliphatic rings. The summed E-state index contributed by atoms with van der Waals surface area (Å²) in [5.74, 6) is 5.86. The fraction of sp³-hybridized carbons (Fsp3) is 0.318. The van der Waals surface area contributed by atoms with Crippen LogP contribution in [-0.4, -0.2) is 27.7 Å². The average Bonchev–Trinajstić information content (AvgIpc) is 3.02. The van der Waals surface area contributed by atoms with Crippen molar-refractivity contribution in [2.75, 3.05) is 6.54 Å². The van der Waals surface area contributed by atoms with Gasteiger partial charge in [-0.05, 0) is 44.5 Å². The fourth-order valence-electron chi connectivity index (χ4n) is 2.84. The molecule has 0 spiro atoms. The molecule has 168 valence electrons. The van der Waals surface area contributed by atoms with E-state index in [1.165, 1.54) is 35.2 Å². The lowest BCUT2D eigenvalue weighted by Crippen LogP contribution is -2.31. The van der Waals surface area contributed by atoms with Crippen LogP contribution in [0, 0.1) is 25.7 Å². The summed E-state index contributed by atoms with van der Waals surface area (Å²) in [6, 6.07) is 4.71. The normalized spacial score (nSPS) is 12.3. The van der Waals surface area contributed by atoms with Crippen molar-refractivity contribution in [3.63, 3.8) is 0 Å². The zero-order chi connectivity index (χ0) is 23.5. The number of nitrogens with one attached hydrogen (secondary N) is 2. The van der Waals surface area contributed by atoms with Gasteiger partial charge in [0.15, 0.2) is 0 Å². The van der Waals surface area contributed by atoms with Crippen molar-refractivity contribution in [2.24, 2.45) is 0 Å². The van der Waals surface area contributed by atoms with E-state index in [9.17, 15) is 22.8 Å². The molecule has 0 saturated carbocycles. The van der Waals surface area contributed by atoms with Crippen LogP contribution in [-0.2, 0) is 16.7 Å². The summed E-state index contributed by atoms with van der Waals surface area (Å²) in [5.41, 5.74) is 0.198. The van der Waals surface area contributed by atoms with Crippen molar-refractivity contribution in [1.82, 2.24) is 15.3 Å². The number of H-pyrrole nitrogens is 1. The summed E-state index contributed by atoms with van der Waals surface area (Å²) >= 11 is 2.78. The molecule has 0 fully saturated rings. The van der Waals surface area contributed by atoms with E-state index in [1.807, 2.05) is 13.8 Å². The maximum Gasteiger partial charge on any atom is 0.416 e. The number of aromatic nitrogens is 2. The second kappa shape index (κ2) is 9.79. The first-order chi connectivity index (χ1) is 15.1. The molecule has 0 aliphatic heterocycles. The van der Waals surface area contributed by atoms with E-state index in [0.29, 0.717) is 21.8 Å². The number of rotatable bonds is 5. The summed E-state index contributed by atoms with van der Waals surface area (Å²) in [4.78, 5) is 33.6. The van der Waals surface area contributed by atoms with Crippen LogP contribution in [0.5, 0.6) is 0 Å². The number of nitrogens with zero attached hydrogens (tertiary/aromatic N) is 1. The fourth-order valence-corrected chi connectivity index (χ4v) is 4.67. The molecule has 1 atom stereocenters. The van der Waals surface area contributed by atoms with Gasteiger partial charge in [-0.25, -0.2) is 4.98 Å². The third-order valence-corrected chi connectivity index (χ3v) is 6.96. The smallest absolute Gasteiger partial charge is 0.344 e. The van der Waals surface area contributed by atoms with E-state index in [-0.39, 0.29) is 23.6 Å². The molecule has 2 aromatic heterocycles. The average molecular weight is 480 g/mol. The summed E-state index contributed by atoms with van der Waals surface area (Å²) in [5, 5.41) is 2.81. The van der Waals surface area contributed by atoms with Gasteiger partial charge < -0.3 is 10.3 Å². The van der Waals surface area contributed by atoms with Crippen LogP contribution in [0.2, 0.25) is 0 Å². The molecule has 1 unspecified atom stereocenters. The number of aromatic amines is 1. The Morgan fingerprint density at radius 1 is 1.34 bits per heavy atom. The highest BCUT2D eigenvalue weighted by Crippen LogP contribution is 2.29. The number of carbonyl (C=O) groups is 1. The lowest BCUT2D eigenvalue weighted by atomic mass is 10.1.